The van der Waals surface area contributed by atoms with E-state index in [2.05, 4.69) is 15.3 Å². The van der Waals surface area contributed by atoms with Gasteiger partial charge in [-0.25, -0.2) is 4.98 Å². The number of aromatic nitrogens is 3. The van der Waals surface area contributed by atoms with E-state index in [0.717, 1.165) is 28.3 Å². The quantitative estimate of drug-likeness (QED) is 0.411. The predicted octanol–water partition coefficient (Wildman–Crippen LogP) is 3.82. The van der Waals surface area contributed by atoms with Gasteiger partial charge in [0.25, 0.3) is 0 Å². The van der Waals surface area contributed by atoms with Gasteiger partial charge < -0.3 is 15.8 Å². The molecule has 33 heavy (non-hydrogen) atoms. The van der Waals surface area contributed by atoms with Gasteiger partial charge in [0, 0.05) is 48.4 Å². The number of methoxy groups -OCH3 is 1. The molecule has 0 fully saturated rings. The highest BCUT2D eigenvalue weighted by atomic mass is 16.5. The van der Waals surface area contributed by atoms with E-state index in [4.69, 9.17) is 15.5 Å². The summed E-state index contributed by atoms with van der Waals surface area (Å²) in [6, 6.07) is 20.9. The van der Waals surface area contributed by atoms with Gasteiger partial charge in [0.15, 0.2) is 0 Å². The molecule has 1 unspecified atom stereocenters. The molecule has 3 heterocycles. The number of carbonyl (C=O) groups is 1. The van der Waals surface area contributed by atoms with Gasteiger partial charge >= 0.3 is 0 Å². The molecule has 3 aromatic heterocycles. The number of carbonyl (C=O) groups excluding carboxylic acids is 1. The van der Waals surface area contributed by atoms with Crippen LogP contribution in [0.5, 0.6) is 5.75 Å². The molecule has 0 bridgehead atoms. The van der Waals surface area contributed by atoms with Crippen molar-refractivity contribution in [3.63, 3.8) is 0 Å². The molecule has 4 aromatic rings. The van der Waals surface area contributed by atoms with Crippen molar-refractivity contribution in [1.29, 1.82) is 0 Å². The van der Waals surface area contributed by atoms with E-state index in [1.807, 2.05) is 60.7 Å². The van der Waals surface area contributed by atoms with E-state index >= 15 is 0 Å². The lowest BCUT2D eigenvalue weighted by Gasteiger charge is -2.19. The van der Waals surface area contributed by atoms with Crippen LogP contribution in [-0.4, -0.2) is 34.5 Å². The first-order valence-electron chi connectivity index (χ1n) is 10.6. The molecule has 4 rings (SSSR count). The van der Waals surface area contributed by atoms with E-state index in [9.17, 15) is 4.79 Å². The SMILES string of the molecule is COc1ccc(-c2ccc(C(C(N)=O)c3cccnc3)c(NCCc3ccccn3)n2)cc1. The zero-order valence-electron chi connectivity index (χ0n) is 18.3. The van der Waals surface area contributed by atoms with Crippen molar-refractivity contribution in [1.82, 2.24) is 15.0 Å². The first kappa shape index (κ1) is 22.0. The maximum absolute atomic E-state index is 12.5. The Morgan fingerprint density at radius 3 is 2.55 bits per heavy atom. The van der Waals surface area contributed by atoms with Crippen LogP contribution in [0.2, 0.25) is 0 Å². The van der Waals surface area contributed by atoms with Crippen LogP contribution in [-0.2, 0) is 11.2 Å². The third-order valence-electron chi connectivity index (χ3n) is 5.33. The molecule has 1 atom stereocenters. The highest BCUT2D eigenvalue weighted by Gasteiger charge is 2.24. The molecule has 1 amide bonds. The Morgan fingerprint density at radius 1 is 1.03 bits per heavy atom. The lowest BCUT2D eigenvalue weighted by Crippen LogP contribution is -2.24. The van der Waals surface area contributed by atoms with Crippen LogP contribution >= 0.6 is 0 Å². The zero-order chi connectivity index (χ0) is 23.0. The lowest BCUT2D eigenvalue weighted by atomic mass is 9.91. The summed E-state index contributed by atoms with van der Waals surface area (Å²) in [4.78, 5) is 25.9. The summed E-state index contributed by atoms with van der Waals surface area (Å²) in [5.41, 5.74) is 9.93. The van der Waals surface area contributed by atoms with Gasteiger partial charge in [-0.05, 0) is 54.1 Å². The zero-order valence-corrected chi connectivity index (χ0v) is 18.3. The summed E-state index contributed by atoms with van der Waals surface area (Å²) >= 11 is 0. The van der Waals surface area contributed by atoms with Crippen LogP contribution in [0.15, 0.2) is 85.3 Å². The molecule has 7 heteroatoms. The predicted molar refractivity (Wildman–Crippen MR) is 128 cm³/mol. The van der Waals surface area contributed by atoms with Gasteiger partial charge in [-0.2, -0.15) is 0 Å². The normalized spacial score (nSPS) is 11.5. The molecule has 0 radical (unpaired) electrons. The molecule has 0 aliphatic carbocycles. The summed E-state index contributed by atoms with van der Waals surface area (Å²) < 4.78 is 5.25. The minimum absolute atomic E-state index is 0.463. The highest BCUT2D eigenvalue weighted by molar-refractivity contribution is 5.87. The fourth-order valence-corrected chi connectivity index (χ4v) is 3.67. The van der Waals surface area contributed by atoms with Crippen LogP contribution in [0.1, 0.15) is 22.7 Å². The Labute approximate surface area is 192 Å². The highest BCUT2D eigenvalue weighted by Crippen LogP contribution is 2.32. The molecule has 0 saturated carbocycles. The Balaban J connectivity index is 1.69. The van der Waals surface area contributed by atoms with Gasteiger partial charge in [0.05, 0.1) is 18.7 Å². The van der Waals surface area contributed by atoms with Crippen molar-refractivity contribution in [2.75, 3.05) is 19.0 Å². The number of primary amides is 1. The minimum atomic E-state index is -0.673. The second-order valence-corrected chi connectivity index (χ2v) is 7.48. The number of pyridine rings is 3. The molecule has 1 aromatic carbocycles. The number of nitrogens with zero attached hydrogens (tertiary/aromatic N) is 3. The van der Waals surface area contributed by atoms with Gasteiger partial charge in [-0.1, -0.05) is 18.2 Å². The number of nitrogens with two attached hydrogens (primary N) is 1. The molecular weight excluding hydrogens is 414 g/mol. The molecule has 0 aliphatic heterocycles. The average Bonchev–Trinajstić information content (AvgIpc) is 2.86. The maximum atomic E-state index is 12.5. The molecular formula is C26H25N5O2. The largest absolute Gasteiger partial charge is 0.497 e. The van der Waals surface area contributed by atoms with Gasteiger partial charge in [-0.3, -0.25) is 14.8 Å². The lowest BCUT2D eigenvalue weighted by molar-refractivity contribution is -0.118. The smallest absolute Gasteiger partial charge is 0.229 e. The Bertz CT molecular complexity index is 1200. The number of nitrogens with one attached hydrogen (secondary N) is 1. The number of anilines is 1. The van der Waals surface area contributed by atoms with Crippen molar-refractivity contribution in [3.05, 3.63) is 102 Å². The summed E-state index contributed by atoms with van der Waals surface area (Å²) in [6.07, 6.45) is 5.81. The summed E-state index contributed by atoms with van der Waals surface area (Å²) in [7, 11) is 1.63. The molecule has 0 aliphatic rings. The molecule has 166 valence electrons. The third kappa shape index (κ3) is 5.33. The summed E-state index contributed by atoms with van der Waals surface area (Å²) in [6.45, 7) is 0.599. The number of rotatable bonds is 9. The van der Waals surface area contributed by atoms with Gasteiger partial charge in [0.1, 0.15) is 11.6 Å². The van der Waals surface area contributed by atoms with E-state index in [0.29, 0.717) is 24.3 Å². The molecule has 0 spiro atoms. The second-order valence-electron chi connectivity index (χ2n) is 7.48. The number of amides is 1. The molecule has 3 N–H and O–H groups in total. The fourth-order valence-electron chi connectivity index (χ4n) is 3.67. The number of ether oxygens (including phenoxy) is 1. The van der Waals surface area contributed by atoms with Crippen LogP contribution in [0, 0.1) is 0 Å². The number of benzene rings is 1. The van der Waals surface area contributed by atoms with Crippen molar-refractivity contribution in [2.24, 2.45) is 5.73 Å². The second kappa shape index (κ2) is 10.4. The van der Waals surface area contributed by atoms with Crippen LogP contribution in [0.4, 0.5) is 5.82 Å². The van der Waals surface area contributed by atoms with Crippen molar-refractivity contribution >= 4 is 11.7 Å². The first-order chi connectivity index (χ1) is 16.2. The van der Waals surface area contributed by atoms with Crippen molar-refractivity contribution in [2.45, 2.75) is 12.3 Å². The standard InChI is InChI=1S/C26H25N5O2/c1-33-21-9-7-18(8-10-21)23-12-11-22(24(25(27)32)19-5-4-14-28-17-19)26(31-23)30-16-13-20-6-2-3-15-29-20/h2-12,14-15,17,24H,13,16H2,1H3,(H2,27,32)(H,30,31). The number of hydrogen-bond donors (Lipinski definition) is 2. The maximum Gasteiger partial charge on any atom is 0.229 e. The monoisotopic (exact) mass is 439 g/mol. The van der Waals surface area contributed by atoms with Crippen molar-refractivity contribution < 1.29 is 9.53 Å². The Morgan fingerprint density at radius 2 is 1.88 bits per heavy atom. The van der Waals surface area contributed by atoms with Gasteiger partial charge in [-0.15, -0.1) is 0 Å². The van der Waals surface area contributed by atoms with Crippen LogP contribution in [0.3, 0.4) is 0 Å². The van der Waals surface area contributed by atoms with Gasteiger partial charge in [0.2, 0.25) is 5.91 Å². The summed E-state index contributed by atoms with van der Waals surface area (Å²) in [5.74, 6) is 0.240. The third-order valence-corrected chi connectivity index (χ3v) is 5.33. The molecule has 0 saturated heterocycles. The van der Waals surface area contributed by atoms with E-state index in [-0.39, 0.29) is 0 Å². The first-order valence-corrected chi connectivity index (χ1v) is 10.6. The van der Waals surface area contributed by atoms with Crippen molar-refractivity contribution in [3.8, 4) is 17.0 Å². The Hall–Kier alpha value is -4.26. The fraction of sp³-hybridized carbons (Fsp3) is 0.154. The van der Waals surface area contributed by atoms with E-state index in [1.165, 1.54) is 0 Å². The van der Waals surface area contributed by atoms with E-state index < -0.39 is 11.8 Å². The minimum Gasteiger partial charge on any atom is -0.497 e. The topological polar surface area (TPSA) is 103 Å². The van der Waals surface area contributed by atoms with Crippen LogP contribution < -0.4 is 15.8 Å². The molecule has 7 nitrogen and oxygen atoms in total. The number of hydrogen-bond acceptors (Lipinski definition) is 6. The average molecular weight is 440 g/mol. The van der Waals surface area contributed by atoms with Crippen LogP contribution in [0.25, 0.3) is 11.3 Å². The van der Waals surface area contributed by atoms with E-state index in [1.54, 1.807) is 31.8 Å². The Kier molecular flexibility index (Phi) is 6.90. The summed E-state index contributed by atoms with van der Waals surface area (Å²) in [5, 5.41) is 3.40.